The number of benzene rings is 1. The van der Waals surface area contributed by atoms with Gasteiger partial charge in [-0.3, -0.25) is 9.59 Å². The van der Waals surface area contributed by atoms with Crippen LogP contribution in [0.3, 0.4) is 0 Å². The van der Waals surface area contributed by atoms with E-state index >= 15 is 0 Å². The number of aryl methyl sites for hydroxylation is 1. The highest BCUT2D eigenvalue weighted by Gasteiger charge is 2.50. The number of esters is 1. The largest absolute Gasteiger partial charge is 0.480 e. The number of carbonyl (C=O) groups is 2. The molecule has 2 unspecified atom stereocenters. The fraction of sp³-hybridized carbons (Fsp3) is 0.652. The molecule has 150 valence electrons. The van der Waals surface area contributed by atoms with Crippen molar-refractivity contribution < 1.29 is 19.4 Å². The lowest BCUT2D eigenvalue weighted by molar-refractivity contribution is -0.182. The van der Waals surface area contributed by atoms with Crippen molar-refractivity contribution in [1.29, 1.82) is 0 Å². The highest BCUT2D eigenvalue weighted by Crippen LogP contribution is 2.42. The molecule has 1 aromatic carbocycles. The van der Waals surface area contributed by atoms with Crippen LogP contribution >= 0.6 is 0 Å². The number of ether oxygens (including phenoxy) is 1. The molecule has 27 heavy (non-hydrogen) atoms. The van der Waals surface area contributed by atoms with Gasteiger partial charge in [0.15, 0.2) is 5.41 Å². The van der Waals surface area contributed by atoms with Gasteiger partial charge in [-0.15, -0.1) is 0 Å². The third-order valence-electron chi connectivity index (χ3n) is 5.76. The molecule has 0 radical (unpaired) electrons. The minimum absolute atomic E-state index is 0.328. The minimum atomic E-state index is -1.36. The molecule has 0 aromatic heterocycles. The third kappa shape index (κ3) is 5.57. The summed E-state index contributed by atoms with van der Waals surface area (Å²) in [6.07, 6.45) is 9.54. The Morgan fingerprint density at radius 2 is 1.74 bits per heavy atom. The van der Waals surface area contributed by atoms with Crippen LogP contribution in [0.2, 0.25) is 0 Å². The van der Waals surface area contributed by atoms with E-state index in [-0.39, 0.29) is 6.10 Å². The lowest BCUT2D eigenvalue weighted by Gasteiger charge is -2.35. The van der Waals surface area contributed by atoms with Crippen LogP contribution in [0.1, 0.15) is 95.3 Å². The van der Waals surface area contributed by atoms with Gasteiger partial charge in [0.2, 0.25) is 0 Å². The lowest BCUT2D eigenvalue weighted by atomic mass is 9.75. The monoisotopic (exact) mass is 374 g/mol. The lowest BCUT2D eigenvalue weighted by Crippen LogP contribution is -2.44. The van der Waals surface area contributed by atoms with Crippen molar-refractivity contribution in [1.82, 2.24) is 0 Å². The van der Waals surface area contributed by atoms with Crippen molar-refractivity contribution in [2.24, 2.45) is 5.41 Å². The molecule has 1 aliphatic rings. The number of rotatable bonds is 11. The van der Waals surface area contributed by atoms with Crippen LogP contribution < -0.4 is 0 Å². The highest BCUT2D eigenvalue weighted by atomic mass is 16.5. The number of hydrogen-bond acceptors (Lipinski definition) is 3. The van der Waals surface area contributed by atoms with Crippen LogP contribution in [-0.4, -0.2) is 17.0 Å². The highest BCUT2D eigenvalue weighted by molar-refractivity contribution is 5.99. The molecule has 4 nitrogen and oxygen atoms in total. The number of carbonyl (C=O) groups excluding carboxylic acids is 1. The zero-order valence-corrected chi connectivity index (χ0v) is 16.8. The first-order valence-electron chi connectivity index (χ1n) is 10.6. The van der Waals surface area contributed by atoms with Gasteiger partial charge in [-0.05, 0) is 43.2 Å². The first-order valence-corrected chi connectivity index (χ1v) is 10.6. The number of aliphatic carboxylic acids is 1. The van der Waals surface area contributed by atoms with Gasteiger partial charge in [0, 0.05) is 0 Å². The van der Waals surface area contributed by atoms with E-state index in [1.54, 1.807) is 0 Å². The van der Waals surface area contributed by atoms with Crippen molar-refractivity contribution in [2.75, 3.05) is 0 Å². The second kappa shape index (κ2) is 10.5. The minimum Gasteiger partial charge on any atom is -0.480 e. The second-order valence-electron chi connectivity index (χ2n) is 7.83. The van der Waals surface area contributed by atoms with Gasteiger partial charge in [-0.1, -0.05) is 76.6 Å². The molecule has 1 saturated heterocycles. The van der Waals surface area contributed by atoms with Gasteiger partial charge in [-0.25, -0.2) is 0 Å². The van der Waals surface area contributed by atoms with E-state index < -0.39 is 17.4 Å². The number of carboxylic acid groups (broad SMARTS) is 1. The van der Waals surface area contributed by atoms with E-state index in [9.17, 15) is 14.7 Å². The zero-order chi connectivity index (χ0) is 19.7. The van der Waals surface area contributed by atoms with Gasteiger partial charge in [0.1, 0.15) is 6.10 Å². The molecule has 2 rings (SSSR count). The molecule has 1 N–H and O–H groups in total. The number of cyclic esters (lactones) is 1. The second-order valence-corrected chi connectivity index (χ2v) is 7.83. The summed E-state index contributed by atoms with van der Waals surface area (Å²) in [5.41, 5.74) is 0.905. The van der Waals surface area contributed by atoms with Gasteiger partial charge in [0.05, 0.1) is 0 Å². The fourth-order valence-corrected chi connectivity index (χ4v) is 3.88. The summed E-state index contributed by atoms with van der Waals surface area (Å²) < 4.78 is 5.63. The van der Waals surface area contributed by atoms with Gasteiger partial charge in [0.25, 0.3) is 0 Å². The Morgan fingerprint density at radius 3 is 2.33 bits per heavy atom. The summed E-state index contributed by atoms with van der Waals surface area (Å²) in [5.74, 6) is -1.59. The van der Waals surface area contributed by atoms with Gasteiger partial charge < -0.3 is 9.84 Å². The van der Waals surface area contributed by atoms with E-state index in [4.69, 9.17) is 4.74 Å². The van der Waals surface area contributed by atoms with Crippen LogP contribution in [0.4, 0.5) is 0 Å². The predicted octanol–water partition coefficient (Wildman–Crippen LogP) is 5.84. The van der Waals surface area contributed by atoms with Gasteiger partial charge >= 0.3 is 11.9 Å². The summed E-state index contributed by atoms with van der Waals surface area (Å²) in [4.78, 5) is 24.5. The number of carboxylic acids is 1. The molecule has 2 atom stereocenters. The molecule has 0 saturated carbocycles. The number of unbranched alkanes of at least 4 members (excludes halogenated alkanes) is 5. The average Bonchev–Trinajstić information content (AvgIpc) is 2.67. The van der Waals surface area contributed by atoms with Crippen LogP contribution in [-0.2, 0) is 20.7 Å². The van der Waals surface area contributed by atoms with E-state index in [0.717, 1.165) is 37.7 Å². The van der Waals surface area contributed by atoms with Crippen molar-refractivity contribution in [3.63, 3.8) is 0 Å². The zero-order valence-electron chi connectivity index (χ0n) is 16.8. The van der Waals surface area contributed by atoms with E-state index in [1.165, 1.54) is 24.8 Å². The Kier molecular flexibility index (Phi) is 8.33. The summed E-state index contributed by atoms with van der Waals surface area (Å²) in [7, 11) is 0. The topological polar surface area (TPSA) is 63.6 Å². The summed E-state index contributed by atoms with van der Waals surface area (Å²) in [5, 5.41) is 9.71. The predicted molar refractivity (Wildman–Crippen MR) is 107 cm³/mol. The van der Waals surface area contributed by atoms with Crippen LogP contribution in [0.5, 0.6) is 0 Å². The molecular weight excluding hydrogens is 340 g/mol. The maximum Gasteiger partial charge on any atom is 0.324 e. The average molecular weight is 375 g/mol. The van der Waals surface area contributed by atoms with Crippen molar-refractivity contribution in [2.45, 2.75) is 90.6 Å². The molecule has 1 heterocycles. The first-order chi connectivity index (χ1) is 13.0. The molecule has 1 aliphatic heterocycles. The molecule has 4 heteroatoms. The maximum atomic E-state index is 12.6. The summed E-state index contributed by atoms with van der Waals surface area (Å²) in [6.45, 7) is 4.31. The van der Waals surface area contributed by atoms with Crippen molar-refractivity contribution >= 4 is 11.9 Å². The quantitative estimate of drug-likeness (QED) is 0.300. The van der Waals surface area contributed by atoms with Gasteiger partial charge in [-0.2, -0.15) is 0 Å². The molecule has 0 amide bonds. The summed E-state index contributed by atoms with van der Waals surface area (Å²) >= 11 is 0. The Bertz CT molecular complexity index is 607. The van der Waals surface area contributed by atoms with E-state index in [0.29, 0.717) is 19.3 Å². The Morgan fingerprint density at radius 1 is 1.07 bits per heavy atom. The molecule has 0 aliphatic carbocycles. The summed E-state index contributed by atoms with van der Waals surface area (Å²) in [6, 6.07) is 8.24. The standard InChI is InChI=1S/C23H34O4/c1-3-5-7-9-16-23(21(24)25)17-15-20(27-22(23)26)19-13-11-18(12-14-19)10-8-6-4-2/h11-14,20H,3-10,15-17H2,1-2H3,(H,24,25). The third-order valence-corrected chi connectivity index (χ3v) is 5.76. The first kappa shape index (κ1) is 21.5. The molecule has 0 bridgehead atoms. The van der Waals surface area contributed by atoms with Crippen LogP contribution in [0.25, 0.3) is 0 Å². The SMILES string of the molecule is CCCCCCC1(C(=O)O)CCC(c2ccc(CCCCC)cc2)OC1=O. The molecule has 1 fully saturated rings. The molecule has 1 aromatic rings. The Balaban J connectivity index is 1.97. The van der Waals surface area contributed by atoms with Crippen molar-refractivity contribution in [3.8, 4) is 0 Å². The van der Waals surface area contributed by atoms with Crippen molar-refractivity contribution in [3.05, 3.63) is 35.4 Å². The Hall–Kier alpha value is -1.84. The molecule has 0 spiro atoms. The Labute approximate surface area is 163 Å². The van der Waals surface area contributed by atoms with Crippen LogP contribution in [0, 0.1) is 5.41 Å². The normalized spacial score (nSPS) is 22.4. The van der Waals surface area contributed by atoms with E-state index in [1.807, 2.05) is 12.1 Å². The van der Waals surface area contributed by atoms with E-state index in [2.05, 4.69) is 26.0 Å². The fourth-order valence-electron chi connectivity index (χ4n) is 3.88. The molecular formula is C23H34O4. The van der Waals surface area contributed by atoms with Crippen LogP contribution in [0.15, 0.2) is 24.3 Å². The smallest absolute Gasteiger partial charge is 0.324 e. The number of hydrogen-bond donors (Lipinski definition) is 1. The maximum absolute atomic E-state index is 12.6.